The molecule has 0 saturated heterocycles. The molecule has 0 radical (unpaired) electrons. The van der Waals surface area contributed by atoms with Crippen LogP contribution in [0.2, 0.25) is 0 Å². The number of thiazole rings is 1. The van der Waals surface area contributed by atoms with E-state index in [-0.39, 0.29) is 5.69 Å². The molecule has 2 aromatic rings. The summed E-state index contributed by atoms with van der Waals surface area (Å²) in [6.07, 6.45) is 2.93. The van der Waals surface area contributed by atoms with Gasteiger partial charge in [-0.05, 0) is 25.8 Å². The number of aryl methyl sites for hydroxylation is 1. The van der Waals surface area contributed by atoms with Gasteiger partial charge in [0.2, 0.25) is 0 Å². The zero-order chi connectivity index (χ0) is 13.7. The van der Waals surface area contributed by atoms with Gasteiger partial charge in [0.15, 0.2) is 0 Å². The fourth-order valence-corrected chi connectivity index (χ4v) is 2.61. The molecule has 0 atom stereocenters. The first-order valence-corrected chi connectivity index (χ1v) is 6.98. The maximum Gasteiger partial charge on any atom is 0.270 e. The number of non-ortho nitro benzene ring substituents is 1. The lowest BCUT2D eigenvalue weighted by Crippen LogP contribution is -1.98. The van der Waals surface area contributed by atoms with Crippen LogP contribution in [0, 0.1) is 10.1 Å². The number of benzene rings is 1. The molecule has 2 N–H and O–H groups in total. The fourth-order valence-electron chi connectivity index (χ4n) is 1.76. The monoisotopic (exact) mass is 277 g/mol. The number of hydrogen-bond acceptors (Lipinski definition) is 5. The van der Waals surface area contributed by atoms with Gasteiger partial charge in [-0.15, -0.1) is 11.3 Å². The highest BCUT2D eigenvalue weighted by Gasteiger charge is 2.09. The maximum absolute atomic E-state index is 10.7. The predicted molar refractivity (Wildman–Crippen MR) is 76.2 cm³/mol. The van der Waals surface area contributed by atoms with E-state index < -0.39 is 4.92 Å². The quantitative estimate of drug-likeness (QED) is 0.500. The van der Waals surface area contributed by atoms with Gasteiger partial charge in [0.05, 0.1) is 15.6 Å². The third-order valence-electron chi connectivity index (χ3n) is 2.75. The number of aromatic nitrogens is 1. The summed E-state index contributed by atoms with van der Waals surface area (Å²) in [5.41, 5.74) is 7.14. The van der Waals surface area contributed by atoms with Crippen LogP contribution in [0.3, 0.4) is 0 Å². The van der Waals surface area contributed by atoms with E-state index in [2.05, 4.69) is 4.98 Å². The molecule has 0 unspecified atom stereocenters. The highest BCUT2D eigenvalue weighted by molar-refractivity contribution is 7.09. The molecule has 0 spiro atoms. The van der Waals surface area contributed by atoms with Crippen molar-refractivity contribution >= 4 is 17.0 Å². The van der Waals surface area contributed by atoms with E-state index in [0.717, 1.165) is 35.5 Å². The minimum absolute atomic E-state index is 0.0928. The van der Waals surface area contributed by atoms with Crippen molar-refractivity contribution in [1.82, 2.24) is 4.98 Å². The molecule has 0 aliphatic heterocycles. The summed E-state index contributed by atoms with van der Waals surface area (Å²) < 4.78 is 0. The van der Waals surface area contributed by atoms with Crippen molar-refractivity contribution < 1.29 is 4.92 Å². The van der Waals surface area contributed by atoms with E-state index in [9.17, 15) is 10.1 Å². The van der Waals surface area contributed by atoms with Gasteiger partial charge in [-0.1, -0.05) is 12.1 Å². The third-order valence-corrected chi connectivity index (χ3v) is 3.66. The van der Waals surface area contributed by atoms with Gasteiger partial charge < -0.3 is 5.73 Å². The number of unbranched alkanes of at least 4 members (excludes halogenated alkanes) is 1. The summed E-state index contributed by atoms with van der Waals surface area (Å²) in [7, 11) is 0. The van der Waals surface area contributed by atoms with Crippen LogP contribution >= 0.6 is 11.3 Å². The Morgan fingerprint density at radius 3 is 2.95 bits per heavy atom. The number of nitrogens with two attached hydrogens (primary N) is 1. The van der Waals surface area contributed by atoms with E-state index in [0.29, 0.717) is 6.54 Å². The number of nitro groups is 1. The number of nitro benzene ring substituents is 1. The zero-order valence-corrected chi connectivity index (χ0v) is 11.2. The van der Waals surface area contributed by atoms with Crippen molar-refractivity contribution in [2.45, 2.75) is 19.3 Å². The molecule has 2 rings (SSSR count). The first-order valence-electron chi connectivity index (χ1n) is 6.10. The number of hydrogen-bond donors (Lipinski definition) is 1. The van der Waals surface area contributed by atoms with Crippen LogP contribution in [0.1, 0.15) is 17.8 Å². The van der Waals surface area contributed by atoms with E-state index in [4.69, 9.17) is 5.73 Å². The van der Waals surface area contributed by atoms with Gasteiger partial charge in [0, 0.05) is 23.1 Å². The molecule has 5 nitrogen and oxygen atoms in total. The normalized spacial score (nSPS) is 10.6. The number of rotatable bonds is 6. The first kappa shape index (κ1) is 13.6. The van der Waals surface area contributed by atoms with Crippen LogP contribution in [0.5, 0.6) is 0 Å². The molecule has 1 heterocycles. The second-order valence-corrected chi connectivity index (χ2v) is 5.12. The highest BCUT2D eigenvalue weighted by Crippen LogP contribution is 2.25. The molecule has 1 aromatic carbocycles. The van der Waals surface area contributed by atoms with Crippen LogP contribution in [0.25, 0.3) is 11.3 Å². The molecule has 19 heavy (non-hydrogen) atoms. The molecule has 0 fully saturated rings. The molecule has 6 heteroatoms. The van der Waals surface area contributed by atoms with Crippen LogP contribution < -0.4 is 5.73 Å². The maximum atomic E-state index is 10.7. The summed E-state index contributed by atoms with van der Waals surface area (Å²) in [6, 6.07) is 6.56. The summed E-state index contributed by atoms with van der Waals surface area (Å²) in [4.78, 5) is 14.9. The fraction of sp³-hybridized carbons (Fsp3) is 0.308. The van der Waals surface area contributed by atoms with E-state index >= 15 is 0 Å². The average Bonchev–Trinajstić information content (AvgIpc) is 2.88. The Balaban J connectivity index is 2.13. The van der Waals surface area contributed by atoms with Crippen molar-refractivity contribution in [2.24, 2.45) is 5.73 Å². The van der Waals surface area contributed by atoms with Gasteiger partial charge in [0.25, 0.3) is 5.69 Å². The molecular formula is C13H15N3O2S. The highest BCUT2D eigenvalue weighted by atomic mass is 32.1. The zero-order valence-electron chi connectivity index (χ0n) is 10.4. The molecule has 1 aromatic heterocycles. The largest absolute Gasteiger partial charge is 0.330 e. The van der Waals surface area contributed by atoms with Crippen LogP contribution in [-0.2, 0) is 6.42 Å². The van der Waals surface area contributed by atoms with Crippen LogP contribution in [0.4, 0.5) is 5.69 Å². The Labute approximate surface area is 115 Å². The van der Waals surface area contributed by atoms with Crippen molar-refractivity contribution in [1.29, 1.82) is 0 Å². The van der Waals surface area contributed by atoms with E-state index in [1.165, 1.54) is 6.07 Å². The Kier molecular flexibility index (Phi) is 4.59. The predicted octanol–water partition coefficient (Wildman–Crippen LogP) is 3.00. The van der Waals surface area contributed by atoms with Crippen molar-refractivity contribution in [3.8, 4) is 11.3 Å². The van der Waals surface area contributed by atoms with Gasteiger partial charge >= 0.3 is 0 Å². The van der Waals surface area contributed by atoms with Gasteiger partial charge in [-0.25, -0.2) is 4.98 Å². The SMILES string of the molecule is NCCCCc1nc(-c2cccc([N+](=O)[O-])c2)cs1. The minimum atomic E-state index is -0.391. The van der Waals surface area contributed by atoms with E-state index in [1.54, 1.807) is 23.5 Å². The minimum Gasteiger partial charge on any atom is -0.330 e. The lowest BCUT2D eigenvalue weighted by molar-refractivity contribution is -0.384. The van der Waals surface area contributed by atoms with E-state index in [1.807, 2.05) is 11.4 Å². The lowest BCUT2D eigenvalue weighted by atomic mass is 10.1. The lowest BCUT2D eigenvalue weighted by Gasteiger charge is -1.97. The standard InChI is InChI=1S/C13H15N3O2S/c14-7-2-1-6-13-15-12(9-19-13)10-4-3-5-11(8-10)16(17)18/h3-5,8-9H,1-2,6-7,14H2. The van der Waals surface area contributed by atoms with Crippen molar-refractivity contribution in [3.05, 3.63) is 44.8 Å². The summed E-state index contributed by atoms with van der Waals surface area (Å²) in [5.74, 6) is 0. The topological polar surface area (TPSA) is 82.0 Å². The number of nitrogens with zero attached hydrogens (tertiary/aromatic N) is 2. The molecule has 0 aliphatic carbocycles. The Bertz CT molecular complexity index is 569. The molecule has 0 saturated carbocycles. The van der Waals surface area contributed by atoms with Crippen molar-refractivity contribution in [3.63, 3.8) is 0 Å². The van der Waals surface area contributed by atoms with Gasteiger partial charge in [-0.3, -0.25) is 10.1 Å². The summed E-state index contributed by atoms with van der Waals surface area (Å²) in [5, 5.41) is 13.7. The smallest absolute Gasteiger partial charge is 0.270 e. The van der Waals surface area contributed by atoms with Crippen molar-refractivity contribution in [2.75, 3.05) is 6.54 Å². The molecule has 100 valence electrons. The average molecular weight is 277 g/mol. The Morgan fingerprint density at radius 1 is 1.37 bits per heavy atom. The van der Waals surface area contributed by atoms with Gasteiger partial charge in [-0.2, -0.15) is 0 Å². The first-order chi connectivity index (χ1) is 9.20. The Hall–Kier alpha value is -1.79. The van der Waals surface area contributed by atoms with Crippen LogP contribution in [0.15, 0.2) is 29.6 Å². The molecule has 0 bridgehead atoms. The molecule has 0 aliphatic rings. The summed E-state index contributed by atoms with van der Waals surface area (Å²) >= 11 is 1.59. The molecular weight excluding hydrogens is 262 g/mol. The third kappa shape index (κ3) is 3.59. The molecule has 0 amide bonds. The summed E-state index contributed by atoms with van der Waals surface area (Å²) in [6.45, 7) is 0.698. The second-order valence-electron chi connectivity index (χ2n) is 4.18. The Morgan fingerprint density at radius 2 is 2.21 bits per heavy atom. The second kappa shape index (κ2) is 6.40. The van der Waals surface area contributed by atoms with Crippen LogP contribution in [-0.4, -0.2) is 16.5 Å². The van der Waals surface area contributed by atoms with Gasteiger partial charge in [0.1, 0.15) is 0 Å².